The molecule has 5 nitrogen and oxygen atoms in total. The molecule has 2 saturated heterocycles. The average Bonchev–Trinajstić information content (AvgIpc) is 2.81. The molecule has 0 saturated carbocycles. The highest BCUT2D eigenvalue weighted by molar-refractivity contribution is 5.76. The normalized spacial score (nSPS) is 29.7. The molecular weight excluding hydrogens is 228 g/mol. The number of carbonyl (C=O) groups is 1. The number of carbonyl (C=O) groups excluding carboxylic acids is 1. The molecule has 18 heavy (non-hydrogen) atoms. The number of nitrogens with one attached hydrogen (secondary N) is 2. The van der Waals surface area contributed by atoms with Gasteiger partial charge in [0.25, 0.3) is 0 Å². The third-order valence-corrected chi connectivity index (χ3v) is 4.18. The Morgan fingerprint density at radius 1 is 1.28 bits per heavy atom. The van der Waals surface area contributed by atoms with Crippen molar-refractivity contribution >= 4 is 6.03 Å². The number of rotatable bonds is 5. The molecule has 0 aromatic carbocycles. The van der Waals surface area contributed by atoms with Crippen LogP contribution in [0, 0.1) is 0 Å². The van der Waals surface area contributed by atoms with Gasteiger partial charge in [0.2, 0.25) is 0 Å². The second-order valence-electron chi connectivity index (χ2n) is 5.29. The van der Waals surface area contributed by atoms with E-state index in [1.807, 2.05) is 4.90 Å². The first-order valence-corrected chi connectivity index (χ1v) is 7.24. The maximum atomic E-state index is 11.5. The molecule has 2 N–H and O–H groups in total. The zero-order valence-corrected chi connectivity index (χ0v) is 11.6. The van der Waals surface area contributed by atoms with Gasteiger partial charge in [0, 0.05) is 51.4 Å². The average molecular weight is 254 g/mol. The van der Waals surface area contributed by atoms with Crippen molar-refractivity contribution in [1.29, 1.82) is 0 Å². The minimum Gasteiger partial charge on any atom is -0.336 e. The highest BCUT2D eigenvalue weighted by Gasteiger charge is 2.27. The lowest BCUT2D eigenvalue weighted by Gasteiger charge is -2.40. The van der Waals surface area contributed by atoms with Gasteiger partial charge in [0.1, 0.15) is 0 Å². The molecule has 0 aliphatic carbocycles. The molecule has 0 bridgehead atoms. The molecule has 104 valence electrons. The van der Waals surface area contributed by atoms with Crippen molar-refractivity contribution in [2.24, 2.45) is 0 Å². The second-order valence-corrected chi connectivity index (χ2v) is 5.29. The maximum absolute atomic E-state index is 11.5. The van der Waals surface area contributed by atoms with Gasteiger partial charge in [-0.25, -0.2) is 4.79 Å². The van der Waals surface area contributed by atoms with Crippen LogP contribution in [0.4, 0.5) is 4.79 Å². The van der Waals surface area contributed by atoms with E-state index in [9.17, 15) is 4.79 Å². The fourth-order valence-electron chi connectivity index (χ4n) is 2.85. The van der Waals surface area contributed by atoms with Crippen molar-refractivity contribution in [3.05, 3.63) is 0 Å². The Balaban J connectivity index is 1.82. The van der Waals surface area contributed by atoms with Crippen molar-refractivity contribution in [3.8, 4) is 0 Å². The lowest BCUT2D eigenvalue weighted by Crippen LogP contribution is -2.57. The summed E-state index contributed by atoms with van der Waals surface area (Å²) >= 11 is 0. The highest BCUT2D eigenvalue weighted by atomic mass is 16.2. The van der Waals surface area contributed by atoms with E-state index in [4.69, 9.17) is 0 Å². The molecule has 2 aliphatic heterocycles. The predicted molar refractivity (Wildman–Crippen MR) is 72.7 cm³/mol. The molecular formula is C13H26N4O. The first kappa shape index (κ1) is 13.6. The van der Waals surface area contributed by atoms with Gasteiger partial charge in [-0.15, -0.1) is 0 Å². The van der Waals surface area contributed by atoms with Crippen LogP contribution in [0.3, 0.4) is 0 Å². The first-order valence-electron chi connectivity index (χ1n) is 7.24. The van der Waals surface area contributed by atoms with E-state index in [-0.39, 0.29) is 6.03 Å². The number of amides is 2. The van der Waals surface area contributed by atoms with Crippen molar-refractivity contribution in [2.75, 3.05) is 39.3 Å². The summed E-state index contributed by atoms with van der Waals surface area (Å²) in [6.07, 6.45) is 2.35. The molecule has 0 spiro atoms. The smallest absolute Gasteiger partial charge is 0.317 e. The van der Waals surface area contributed by atoms with Gasteiger partial charge in [-0.2, -0.15) is 0 Å². The summed E-state index contributed by atoms with van der Waals surface area (Å²) in [5.74, 6) is 0. The second kappa shape index (κ2) is 6.38. The highest BCUT2D eigenvalue weighted by Crippen LogP contribution is 2.12. The summed E-state index contributed by atoms with van der Waals surface area (Å²) in [6, 6.07) is 1.34. The summed E-state index contributed by atoms with van der Waals surface area (Å²) in [7, 11) is 0. The van der Waals surface area contributed by atoms with Crippen LogP contribution in [0.1, 0.15) is 26.7 Å². The van der Waals surface area contributed by atoms with Gasteiger partial charge in [-0.05, 0) is 12.8 Å². The first-order chi connectivity index (χ1) is 8.74. The van der Waals surface area contributed by atoms with E-state index in [0.29, 0.717) is 12.1 Å². The molecule has 5 heteroatoms. The number of hydrogen-bond donors (Lipinski definition) is 2. The van der Waals surface area contributed by atoms with E-state index in [1.54, 1.807) is 0 Å². The number of hydrogen-bond acceptors (Lipinski definition) is 3. The van der Waals surface area contributed by atoms with Gasteiger partial charge < -0.3 is 15.5 Å². The number of piperazine rings is 1. The topological polar surface area (TPSA) is 47.6 Å². The minimum absolute atomic E-state index is 0.102. The molecule has 2 atom stereocenters. The van der Waals surface area contributed by atoms with Crippen LogP contribution < -0.4 is 10.6 Å². The zero-order chi connectivity index (χ0) is 13.0. The third-order valence-electron chi connectivity index (χ3n) is 4.18. The summed E-state index contributed by atoms with van der Waals surface area (Å²) in [6.45, 7) is 10.2. The summed E-state index contributed by atoms with van der Waals surface area (Å²) in [4.78, 5) is 16.0. The van der Waals surface area contributed by atoms with Crippen molar-refractivity contribution < 1.29 is 4.79 Å². The quantitative estimate of drug-likeness (QED) is 0.750. The van der Waals surface area contributed by atoms with Crippen LogP contribution in [-0.2, 0) is 0 Å². The Hall–Kier alpha value is -0.810. The van der Waals surface area contributed by atoms with Crippen LogP contribution in [0.25, 0.3) is 0 Å². The Labute approximate surface area is 110 Å². The van der Waals surface area contributed by atoms with E-state index in [2.05, 4.69) is 29.4 Å². The SMILES string of the molecule is CCC1CN(CCN2CCNC2=O)C(CC)CN1. The lowest BCUT2D eigenvalue weighted by atomic mass is 10.1. The molecule has 2 aliphatic rings. The molecule has 2 fully saturated rings. The monoisotopic (exact) mass is 254 g/mol. The lowest BCUT2D eigenvalue weighted by molar-refractivity contribution is 0.115. The van der Waals surface area contributed by atoms with E-state index < -0.39 is 0 Å². The third kappa shape index (κ3) is 3.14. The van der Waals surface area contributed by atoms with Crippen molar-refractivity contribution in [3.63, 3.8) is 0 Å². The largest absolute Gasteiger partial charge is 0.336 e. The predicted octanol–water partition coefficient (Wildman–Crippen LogP) is 0.474. The standard InChI is InChI=1S/C13H26N4O/c1-3-11-10-17(12(4-2)9-15-11)8-7-16-6-5-14-13(16)18/h11-12,15H,3-10H2,1-2H3,(H,14,18). The van der Waals surface area contributed by atoms with E-state index in [0.717, 1.165) is 39.3 Å². The van der Waals surface area contributed by atoms with Crippen LogP contribution in [0.2, 0.25) is 0 Å². The summed E-state index contributed by atoms with van der Waals surface area (Å²) in [5.41, 5.74) is 0. The van der Waals surface area contributed by atoms with Gasteiger partial charge in [0.05, 0.1) is 0 Å². The maximum Gasteiger partial charge on any atom is 0.317 e. The van der Waals surface area contributed by atoms with Gasteiger partial charge >= 0.3 is 6.03 Å². The molecule has 2 unspecified atom stereocenters. The van der Waals surface area contributed by atoms with Crippen LogP contribution >= 0.6 is 0 Å². The zero-order valence-electron chi connectivity index (χ0n) is 11.6. The van der Waals surface area contributed by atoms with Crippen LogP contribution in [0.15, 0.2) is 0 Å². The van der Waals surface area contributed by atoms with Crippen molar-refractivity contribution in [2.45, 2.75) is 38.8 Å². The van der Waals surface area contributed by atoms with Crippen molar-refractivity contribution in [1.82, 2.24) is 20.4 Å². The summed E-state index contributed by atoms with van der Waals surface area (Å²) < 4.78 is 0. The Morgan fingerprint density at radius 2 is 2.11 bits per heavy atom. The fourth-order valence-corrected chi connectivity index (χ4v) is 2.85. The van der Waals surface area contributed by atoms with E-state index in [1.165, 1.54) is 12.8 Å². The molecule has 2 heterocycles. The van der Waals surface area contributed by atoms with Gasteiger partial charge in [-0.1, -0.05) is 13.8 Å². The Morgan fingerprint density at radius 3 is 2.72 bits per heavy atom. The van der Waals surface area contributed by atoms with Gasteiger partial charge in [0.15, 0.2) is 0 Å². The molecule has 0 radical (unpaired) electrons. The van der Waals surface area contributed by atoms with Crippen LogP contribution in [-0.4, -0.2) is 67.2 Å². The molecule has 0 aromatic heterocycles. The van der Waals surface area contributed by atoms with Gasteiger partial charge in [-0.3, -0.25) is 4.90 Å². The Kier molecular flexibility index (Phi) is 4.83. The minimum atomic E-state index is 0.102. The number of urea groups is 1. The molecule has 2 amide bonds. The molecule has 2 rings (SSSR count). The van der Waals surface area contributed by atoms with E-state index >= 15 is 0 Å². The summed E-state index contributed by atoms with van der Waals surface area (Å²) in [5, 5.41) is 6.46. The fraction of sp³-hybridized carbons (Fsp3) is 0.923. The van der Waals surface area contributed by atoms with Crippen LogP contribution in [0.5, 0.6) is 0 Å². The Bertz CT molecular complexity index is 284. The number of nitrogens with zero attached hydrogens (tertiary/aromatic N) is 2. The molecule has 0 aromatic rings.